The van der Waals surface area contributed by atoms with Gasteiger partial charge in [0.05, 0.1) is 12.2 Å². The second-order valence-corrected chi connectivity index (χ2v) is 6.68. The average molecular weight is 386 g/mol. The van der Waals surface area contributed by atoms with Gasteiger partial charge in [0.15, 0.2) is 18.7 Å². The Morgan fingerprint density at radius 3 is 2.39 bits per heavy atom. The minimum Gasteiger partial charge on any atom is -0.450 e. The Bertz CT molecular complexity index is 782. The maximum absolute atomic E-state index is 12.5. The molecular weight excluding hydrogens is 364 g/mol. The van der Waals surface area contributed by atoms with Crippen LogP contribution in [0.15, 0.2) is 60.7 Å². The van der Waals surface area contributed by atoms with Crippen LogP contribution in [0, 0.1) is 0 Å². The van der Waals surface area contributed by atoms with E-state index in [1.54, 1.807) is 30.3 Å². The summed E-state index contributed by atoms with van der Waals surface area (Å²) in [5.41, 5.74) is 1.21. The van der Waals surface area contributed by atoms with Crippen LogP contribution in [0.5, 0.6) is 0 Å². The molecule has 0 amide bonds. The summed E-state index contributed by atoms with van der Waals surface area (Å²) in [6.45, 7) is 0.223. The van der Waals surface area contributed by atoms with Gasteiger partial charge in [0.1, 0.15) is 18.3 Å². The van der Waals surface area contributed by atoms with E-state index >= 15 is 0 Å². The second kappa shape index (κ2) is 8.38. The van der Waals surface area contributed by atoms with E-state index in [1.807, 2.05) is 30.3 Å². The Labute approximate surface area is 162 Å². The van der Waals surface area contributed by atoms with Gasteiger partial charge in [-0.05, 0) is 12.1 Å². The molecule has 0 bridgehead atoms. The number of aliphatic hydroxyl groups is 1. The van der Waals surface area contributed by atoms with Crippen LogP contribution in [-0.2, 0) is 23.7 Å². The van der Waals surface area contributed by atoms with Crippen LogP contribution in [0.4, 0.5) is 0 Å². The minimum absolute atomic E-state index is 0.223. The van der Waals surface area contributed by atoms with E-state index in [0.29, 0.717) is 5.56 Å². The largest absolute Gasteiger partial charge is 0.450 e. The molecule has 0 aromatic heterocycles. The molecule has 0 radical (unpaired) electrons. The van der Waals surface area contributed by atoms with Crippen molar-refractivity contribution in [2.45, 2.75) is 37.0 Å². The highest BCUT2D eigenvalue weighted by Gasteiger charge is 2.51. The standard InChI is InChI=1S/C21H22O7/c1-24-21-18(27-19(23)13-8-4-2-5-9-13)16(22)17-15(26-21)12-25-20(28-17)14-10-6-3-7-11-14/h2-11,15-18,20-22H,12H2,1H3/t15-,16+,17-,18-,20+,21+/m1/s1. The van der Waals surface area contributed by atoms with E-state index < -0.39 is 43.0 Å². The van der Waals surface area contributed by atoms with Crippen molar-refractivity contribution in [2.24, 2.45) is 0 Å². The first-order valence-corrected chi connectivity index (χ1v) is 9.11. The van der Waals surface area contributed by atoms with Crippen molar-refractivity contribution in [1.29, 1.82) is 0 Å². The highest BCUT2D eigenvalue weighted by molar-refractivity contribution is 5.89. The Hall–Kier alpha value is -2.29. The third-order valence-corrected chi connectivity index (χ3v) is 4.87. The predicted octanol–water partition coefficient (Wildman–Crippen LogP) is 2.06. The molecule has 4 rings (SSSR count). The van der Waals surface area contributed by atoms with E-state index in [1.165, 1.54) is 7.11 Å². The summed E-state index contributed by atoms with van der Waals surface area (Å²) in [5, 5.41) is 10.9. The van der Waals surface area contributed by atoms with Crippen LogP contribution in [0.1, 0.15) is 22.2 Å². The molecule has 7 heteroatoms. The number of hydrogen-bond acceptors (Lipinski definition) is 7. The summed E-state index contributed by atoms with van der Waals surface area (Å²) in [7, 11) is 1.43. The van der Waals surface area contributed by atoms with Gasteiger partial charge in [0.25, 0.3) is 0 Å². The van der Waals surface area contributed by atoms with Gasteiger partial charge in [-0.2, -0.15) is 0 Å². The van der Waals surface area contributed by atoms with Crippen molar-refractivity contribution >= 4 is 5.97 Å². The van der Waals surface area contributed by atoms with Gasteiger partial charge in [0, 0.05) is 12.7 Å². The molecule has 7 nitrogen and oxygen atoms in total. The number of benzene rings is 2. The van der Waals surface area contributed by atoms with Crippen LogP contribution in [0.3, 0.4) is 0 Å². The molecule has 28 heavy (non-hydrogen) atoms. The number of carbonyl (C=O) groups is 1. The molecule has 2 heterocycles. The second-order valence-electron chi connectivity index (χ2n) is 6.68. The van der Waals surface area contributed by atoms with Crippen LogP contribution >= 0.6 is 0 Å². The number of methoxy groups -OCH3 is 1. The first-order chi connectivity index (χ1) is 13.7. The summed E-state index contributed by atoms with van der Waals surface area (Å²) >= 11 is 0. The highest BCUT2D eigenvalue weighted by atomic mass is 16.8. The molecule has 2 aliphatic rings. The van der Waals surface area contributed by atoms with Crippen LogP contribution in [-0.4, -0.2) is 55.5 Å². The molecule has 2 aromatic rings. The molecule has 6 atom stereocenters. The third-order valence-electron chi connectivity index (χ3n) is 4.87. The molecule has 2 aliphatic heterocycles. The number of aliphatic hydroxyl groups excluding tert-OH is 1. The Kier molecular flexibility index (Phi) is 5.70. The molecule has 0 unspecified atom stereocenters. The fourth-order valence-electron chi connectivity index (χ4n) is 3.43. The Morgan fingerprint density at radius 2 is 1.71 bits per heavy atom. The van der Waals surface area contributed by atoms with Gasteiger partial charge in [0.2, 0.25) is 0 Å². The van der Waals surface area contributed by atoms with Crippen LogP contribution < -0.4 is 0 Å². The van der Waals surface area contributed by atoms with Crippen molar-refractivity contribution in [3.63, 3.8) is 0 Å². The summed E-state index contributed by atoms with van der Waals surface area (Å²) in [6.07, 6.45) is -4.99. The first kappa shape index (κ1) is 19.0. The normalized spacial score (nSPS) is 32.4. The molecular formula is C21H22O7. The molecule has 0 saturated carbocycles. The van der Waals surface area contributed by atoms with E-state index in [9.17, 15) is 9.90 Å². The number of esters is 1. The summed E-state index contributed by atoms with van der Waals surface area (Å²) in [6, 6.07) is 18.0. The van der Waals surface area contributed by atoms with E-state index in [-0.39, 0.29) is 6.61 Å². The van der Waals surface area contributed by atoms with Gasteiger partial charge < -0.3 is 28.8 Å². The van der Waals surface area contributed by atoms with Gasteiger partial charge in [-0.15, -0.1) is 0 Å². The topological polar surface area (TPSA) is 83.5 Å². The monoisotopic (exact) mass is 386 g/mol. The first-order valence-electron chi connectivity index (χ1n) is 9.11. The lowest BCUT2D eigenvalue weighted by molar-refractivity contribution is -0.357. The summed E-state index contributed by atoms with van der Waals surface area (Å²) in [4.78, 5) is 12.5. The Morgan fingerprint density at radius 1 is 1.04 bits per heavy atom. The van der Waals surface area contributed by atoms with Gasteiger partial charge >= 0.3 is 5.97 Å². The number of rotatable bonds is 4. The SMILES string of the molecule is CO[C@H]1O[C@@H]2CO[C@H](c3ccccc3)O[C@H]2[C@H](O)[C@H]1OC(=O)c1ccccc1. The van der Waals surface area contributed by atoms with E-state index in [2.05, 4.69) is 0 Å². The van der Waals surface area contributed by atoms with E-state index in [4.69, 9.17) is 23.7 Å². The average Bonchev–Trinajstić information content (AvgIpc) is 2.76. The van der Waals surface area contributed by atoms with Gasteiger partial charge in [-0.1, -0.05) is 48.5 Å². The quantitative estimate of drug-likeness (QED) is 0.806. The molecule has 2 saturated heterocycles. The zero-order valence-electron chi connectivity index (χ0n) is 15.3. The van der Waals surface area contributed by atoms with Crippen molar-refractivity contribution in [1.82, 2.24) is 0 Å². The maximum Gasteiger partial charge on any atom is 0.338 e. The lowest BCUT2D eigenvalue weighted by atomic mass is 9.97. The number of hydrogen-bond donors (Lipinski definition) is 1. The number of fused-ring (bicyclic) bond motifs is 1. The van der Waals surface area contributed by atoms with Gasteiger partial charge in [-0.25, -0.2) is 4.79 Å². The van der Waals surface area contributed by atoms with Crippen LogP contribution in [0.2, 0.25) is 0 Å². The fraction of sp³-hybridized carbons (Fsp3) is 0.381. The molecule has 2 fully saturated rings. The van der Waals surface area contributed by atoms with Gasteiger partial charge in [-0.3, -0.25) is 0 Å². The Balaban J connectivity index is 1.50. The van der Waals surface area contributed by atoms with Crippen molar-refractivity contribution in [2.75, 3.05) is 13.7 Å². The number of carbonyl (C=O) groups excluding carboxylic acids is 1. The van der Waals surface area contributed by atoms with Crippen molar-refractivity contribution in [3.05, 3.63) is 71.8 Å². The molecule has 2 aromatic carbocycles. The highest BCUT2D eigenvalue weighted by Crippen LogP contribution is 2.35. The minimum atomic E-state index is -1.13. The van der Waals surface area contributed by atoms with Crippen molar-refractivity contribution in [3.8, 4) is 0 Å². The summed E-state index contributed by atoms with van der Waals surface area (Å²) < 4.78 is 28.4. The molecule has 1 N–H and O–H groups in total. The molecule has 0 spiro atoms. The van der Waals surface area contributed by atoms with Crippen molar-refractivity contribution < 1.29 is 33.6 Å². The predicted molar refractivity (Wildman–Crippen MR) is 97.3 cm³/mol. The van der Waals surface area contributed by atoms with Crippen LogP contribution in [0.25, 0.3) is 0 Å². The zero-order valence-corrected chi connectivity index (χ0v) is 15.3. The maximum atomic E-state index is 12.5. The fourth-order valence-corrected chi connectivity index (χ4v) is 3.43. The van der Waals surface area contributed by atoms with E-state index in [0.717, 1.165) is 5.56 Å². The third kappa shape index (κ3) is 3.80. The lowest BCUT2D eigenvalue weighted by Gasteiger charge is -2.46. The number of ether oxygens (including phenoxy) is 5. The molecule has 148 valence electrons. The lowest BCUT2D eigenvalue weighted by Crippen LogP contribution is -2.63. The molecule has 0 aliphatic carbocycles. The zero-order chi connectivity index (χ0) is 19.5. The smallest absolute Gasteiger partial charge is 0.338 e. The summed E-state index contributed by atoms with van der Waals surface area (Å²) in [5.74, 6) is -0.569.